The lowest BCUT2D eigenvalue weighted by Crippen LogP contribution is -2.06. The maximum Gasteiger partial charge on any atom is 0.205 e. The largest absolute Gasteiger partial charge is 0.445 e. The molecule has 9 heteroatoms. The van der Waals surface area contributed by atoms with Crippen molar-refractivity contribution in [2.24, 2.45) is 0 Å². The number of aryl methyl sites for hydroxylation is 2. The monoisotopic (exact) mass is 479 g/mol. The number of fused-ring (bicyclic) bond motifs is 1. The van der Waals surface area contributed by atoms with Crippen LogP contribution in [0.5, 0.6) is 0 Å². The number of para-hydroxylation sites is 1. The van der Waals surface area contributed by atoms with Crippen molar-refractivity contribution in [1.29, 1.82) is 0 Å². The van der Waals surface area contributed by atoms with E-state index in [-0.39, 0.29) is 0 Å². The molecule has 0 saturated carbocycles. The molecule has 2 aromatic carbocycles. The summed E-state index contributed by atoms with van der Waals surface area (Å²) in [4.78, 5) is 9.22. The van der Waals surface area contributed by atoms with Gasteiger partial charge in [-0.05, 0) is 31.5 Å². The van der Waals surface area contributed by atoms with Crippen molar-refractivity contribution in [2.45, 2.75) is 41.4 Å². The Morgan fingerprint density at radius 3 is 2.50 bits per heavy atom. The number of aromatic nitrogens is 5. The Bertz CT molecular complexity index is 1290. The average Bonchev–Trinajstić information content (AvgIpc) is 3.48. The van der Waals surface area contributed by atoms with Crippen LogP contribution < -0.4 is 0 Å². The molecule has 0 fully saturated rings. The van der Waals surface area contributed by atoms with E-state index < -0.39 is 0 Å². The van der Waals surface area contributed by atoms with E-state index in [2.05, 4.69) is 56.1 Å². The summed E-state index contributed by atoms with van der Waals surface area (Å²) in [5, 5.41) is 9.86. The van der Waals surface area contributed by atoms with Crippen LogP contribution in [0.25, 0.3) is 10.2 Å². The normalized spacial score (nSPS) is 11.4. The van der Waals surface area contributed by atoms with Gasteiger partial charge in [0.25, 0.3) is 0 Å². The SMILES string of the molecule is Cc1nc(CSc2nnc(CSc3nc4ccccc4s3)n2Cc2ccccc2)oc1C. The van der Waals surface area contributed by atoms with Gasteiger partial charge in [-0.25, -0.2) is 9.97 Å². The van der Waals surface area contributed by atoms with Gasteiger partial charge >= 0.3 is 0 Å². The van der Waals surface area contributed by atoms with Crippen LogP contribution in [0.3, 0.4) is 0 Å². The molecule has 0 N–H and O–H groups in total. The lowest BCUT2D eigenvalue weighted by Gasteiger charge is -2.09. The second kappa shape index (κ2) is 9.48. The number of thioether (sulfide) groups is 2. The molecule has 0 spiro atoms. The molecule has 6 nitrogen and oxygen atoms in total. The molecule has 162 valence electrons. The third kappa shape index (κ3) is 4.74. The summed E-state index contributed by atoms with van der Waals surface area (Å²) >= 11 is 5.01. The molecule has 3 aromatic heterocycles. The zero-order valence-corrected chi connectivity index (χ0v) is 20.1. The molecule has 5 aromatic rings. The van der Waals surface area contributed by atoms with E-state index in [0.717, 1.165) is 38.8 Å². The summed E-state index contributed by atoms with van der Waals surface area (Å²) in [5.41, 5.74) is 3.18. The summed E-state index contributed by atoms with van der Waals surface area (Å²) in [6.45, 7) is 4.61. The summed E-state index contributed by atoms with van der Waals surface area (Å²) in [6.07, 6.45) is 0. The van der Waals surface area contributed by atoms with Gasteiger partial charge in [-0.3, -0.25) is 0 Å². The fraction of sp³-hybridized carbons (Fsp3) is 0.217. The number of thiazole rings is 1. The first kappa shape index (κ1) is 21.2. The molecular formula is C23H21N5OS3. The minimum atomic E-state index is 0.618. The standard InChI is InChI=1S/C23H21N5OS3/c1-15-16(2)29-21(24-15)14-30-22-27-26-20(28(22)12-17-8-4-3-5-9-17)13-31-23-25-18-10-6-7-11-19(18)32-23/h3-11H,12-14H2,1-2H3. The first-order chi connectivity index (χ1) is 15.7. The second-order valence-electron chi connectivity index (χ2n) is 7.24. The van der Waals surface area contributed by atoms with Crippen molar-refractivity contribution in [3.05, 3.63) is 83.3 Å². The Morgan fingerprint density at radius 1 is 0.906 bits per heavy atom. The van der Waals surface area contributed by atoms with Crippen LogP contribution >= 0.6 is 34.9 Å². The second-order valence-corrected chi connectivity index (χ2v) is 10.4. The average molecular weight is 480 g/mol. The number of hydrogen-bond donors (Lipinski definition) is 0. The van der Waals surface area contributed by atoms with E-state index in [9.17, 15) is 0 Å². The smallest absolute Gasteiger partial charge is 0.205 e. The highest BCUT2D eigenvalue weighted by Gasteiger charge is 2.16. The molecule has 0 aliphatic heterocycles. The van der Waals surface area contributed by atoms with Gasteiger partial charge in [0, 0.05) is 0 Å². The zero-order valence-electron chi connectivity index (χ0n) is 17.7. The summed E-state index contributed by atoms with van der Waals surface area (Å²) < 4.78 is 10.2. The van der Waals surface area contributed by atoms with Crippen LogP contribution in [-0.4, -0.2) is 24.7 Å². The summed E-state index contributed by atoms with van der Waals surface area (Å²) in [5.74, 6) is 3.83. The first-order valence-electron chi connectivity index (χ1n) is 10.2. The number of hydrogen-bond acceptors (Lipinski definition) is 8. The van der Waals surface area contributed by atoms with Crippen molar-refractivity contribution >= 4 is 45.1 Å². The van der Waals surface area contributed by atoms with E-state index in [1.165, 1.54) is 10.3 Å². The van der Waals surface area contributed by atoms with Gasteiger partial charge < -0.3 is 8.98 Å². The molecule has 0 atom stereocenters. The van der Waals surface area contributed by atoms with Gasteiger partial charge in [-0.15, -0.1) is 21.5 Å². The van der Waals surface area contributed by atoms with Crippen molar-refractivity contribution in [3.8, 4) is 0 Å². The van der Waals surface area contributed by atoms with Crippen LogP contribution in [0.4, 0.5) is 0 Å². The predicted molar refractivity (Wildman–Crippen MR) is 130 cm³/mol. The lowest BCUT2D eigenvalue weighted by atomic mass is 10.2. The van der Waals surface area contributed by atoms with Crippen LogP contribution in [-0.2, 0) is 18.1 Å². The highest BCUT2D eigenvalue weighted by molar-refractivity contribution is 8.00. The molecule has 0 bridgehead atoms. The number of oxazole rings is 1. The summed E-state index contributed by atoms with van der Waals surface area (Å²) in [7, 11) is 0. The van der Waals surface area contributed by atoms with Gasteiger partial charge in [0.2, 0.25) is 5.89 Å². The van der Waals surface area contributed by atoms with Crippen LogP contribution in [0, 0.1) is 13.8 Å². The Hall–Kier alpha value is -2.62. The Balaban J connectivity index is 1.36. The fourth-order valence-corrected chi connectivity index (χ4v) is 6.03. The lowest BCUT2D eigenvalue weighted by molar-refractivity contribution is 0.489. The minimum absolute atomic E-state index is 0.618. The molecule has 3 heterocycles. The van der Waals surface area contributed by atoms with E-state index in [0.29, 0.717) is 17.4 Å². The van der Waals surface area contributed by atoms with Crippen LogP contribution in [0.1, 0.15) is 28.7 Å². The molecular weight excluding hydrogens is 458 g/mol. The van der Waals surface area contributed by atoms with Gasteiger partial charge in [-0.2, -0.15) is 0 Å². The summed E-state index contributed by atoms with van der Waals surface area (Å²) in [6, 6.07) is 18.6. The number of benzene rings is 2. The minimum Gasteiger partial charge on any atom is -0.445 e. The fourth-order valence-electron chi connectivity index (χ4n) is 3.22. The Kier molecular flexibility index (Phi) is 6.29. The van der Waals surface area contributed by atoms with Gasteiger partial charge in [0.05, 0.1) is 34.0 Å². The Labute approximate surface area is 198 Å². The van der Waals surface area contributed by atoms with E-state index in [4.69, 9.17) is 9.40 Å². The third-order valence-corrected chi connectivity index (χ3v) is 8.10. The van der Waals surface area contributed by atoms with Gasteiger partial charge in [0.15, 0.2) is 9.50 Å². The molecule has 0 radical (unpaired) electrons. The zero-order chi connectivity index (χ0) is 21.9. The third-order valence-electron chi connectivity index (χ3n) is 4.97. The van der Waals surface area contributed by atoms with Gasteiger partial charge in [0.1, 0.15) is 11.6 Å². The molecule has 0 saturated heterocycles. The molecule has 0 amide bonds. The predicted octanol–water partition coefficient (Wildman–Crippen LogP) is 6.13. The van der Waals surface area contributed by atoms with E-state index in [1.807, 2.05) is 32.0 Å². The number of nitrogens with zero attached hydrogens (tertiary/aromatic N) is 5. The van der Waals surface area contributed by atoms with Crippen molar-refractivity contribution < 1.29 is 4.42 Å². The van der Waals surface area contributed by atoms with Crippen LogP contribution in [0.15, 0.2) is 68.5 Å². The first-order valence-corrected chi connectivity index (χ1v) is 12.9. The highest BCUT2D eigenvalue weighted by Crippen LogP contribution is 2.32. The van der Waals surface area contributed by atoms with Crippen molar-refractivity contribution in [3.63, 3.8) is 0 Å². The topological polar surface area (TPSA) is 69.6 Å². The van der Waals surface area contributed by atoms with Crippen molar-refractivity contribution in [2.75, 3.05) is 0 Å². The highest BCUT2D eigenvalue weighted by atomic mass is 32.2. The van der Waals surface area contributed by atoms with Crippen LogP contribution in [0.2, 0.25) is 0 Å². The molecule has 0 aliphatic carbocycles. The van der Waals surface area contributed by atoms with E-state index >= 15 is 0 Å². The number of rotatable bonds is 8. The Morgan fingerprint density at radius 2 is 1.72 bits per heavy atom. The molecule has 0 unspecified atom stereocenters. The van der Waals surface area contributed by atoms with Crippen molar-refractivity contribution in [1.82, 2.24) is 24.7 Å². The maximum atomic E-state index is 5.73. The van der Waals surface area contributed by atoms with E-state index in [1.54, 1.807) is 34.9 Å². The molecule has 0 aliphatic rings. The quantitative estimate of drug-likeness (QED) is 0.248. The molecule has 32 heavy (non-hydrogen) atoms. The molecule has 5 rings (SSSR count). The van der Waals surface area contributed by atoms with Gasteiger partial charge in [-0.1, -0.05) is 66.0 Å². The maximum absolute atomic E-state index is 5.73.